The Morgan fingerprint density at radius 1 is 0.429 bits per heavy atom. The highest BCUT2D eigenvalue weighted by Crippen LogP contribution is 2.57. The van der Waals surface area contributed by atoms with Crippen molar-refractivity contribution in [1.82, 2.24) is 0 Å². The lowest BCUT2D eigenvalue weighted by Crippen LogP contribution is -1.94. The van der Waals surface area contributed by atoms with Crippen LogP contribution in [0.1, 0.15) is 152 Å². The van der Waals surface area contributed by atoms with Crippen molar-refractivity contribution in [3.63, 3.8) is 0 Å². The quantitative estimate of drug-likeness (QED) is 0.0601. The highest BCUT2D eigenvalue weighted by atomic mass is 31.3. The Morgan fingerprint density at radius 2 is 0.673 bits per heavy atom. The van der Waals surface area contributed by atoms with Crippen molar-refractivity contribution in [3.8, 4) is 0 Å². The van der Waals surface area contributed by atoms with E-state index >= 15 is 0 Å². The molecule has 0 saturated heterocycles. The van der Waals surface area contributed by atoms with Gasteiger partial charge in [-0.2, -0.15) is 4.31 Å². The van der Waals surface area contributed by atoms with Crippen LogP contribution in [0, 0.1) is 0 Å². The zero-order valence-electron chi connectivity index (χ0n) is 32.1. The van der Waals surface area contributed by atoms with Gasteiger partial charge in [-0.05, 0) is 152 Å². The molecule has 7 nitrogen and oxygen atoms in total. The van der Waals surface area contributed by atoms with Crippen molar-refractivity contribution in [3.05, 3.63) is 93.2 Å². The molecule has 49 heavy (non-hydrogen) atoms. The first-order valence-corrected chi connectivity index (χ1v) is 20.9. The molecule has 0 aromatic carbocycles. The standard InChI is InChI=1S/C40H68O7P2/c1-33(2)17-10-18-34(3)19-11-20-35(4)21-12-22-36(5)23-13-24-37(6)25-14-26-38(7)27-15-28-39(8)29-16-30-40(9)31-32-46-49(44,45)47-48(41,42)43/h17,19,21,23,25,27,29,31H,10-16,18,20,22,24,26,28,30,32H2,1-9H3,(H,44,45)(H2,41,42,43)/b34-19+,35-21+,36-23+,37-25+,38-27+,39-29+,40-31+. The molecule has 0 aliphatic carbocycles. The van der Waals surface area contributed by atoms with E-state index < -0.39 is 15.6 Å². The van der Waals surface area contributed by atoms with Crippen LogP contribution in [0.15, 0.2) is 93.2 Å². The first-order chi connectivity index (χ1) is 22.9. The van der Waals surface area contributed by atoms with Gasteiger partial charge in [0.05, 0.1) is 6.61 Å². The van der Waals surface area contributed by atoms with Gasteiger partial charge in [-0.15, -0.1) is 0 Å². The monoisotopic (exact) mass is 722 g/mol. The maximum absolute atomic E-state index is 11.5. The fraction of sp³-hybridized carbons (Fsp3) is 0.600. The molecule has 1 unspecified atom stereocenters. The Labute approximate surface area is 299 Å². The van der Waals surface area contributed by atoms with Gasteiger partial charge in [-0.1, -0.05) is 93.2 Å². The van der Waals surface area contributed by atoms with Crippen LogP contribution in [0.25, 0.3) is 0 Å². The molecule has 280 valence electrons. The highest BCUT2D eigenvalue weighted by molar-refractivity contribution is 7.60. The topological polar surface area (TPSA) is 113 Å². The number of hydrogen-bond donors (Lipinski definition) is 3. The van der Waals surface area contributed by atoms with Crippen LogP contribution < -0.4 is 0 Å². The summed E-state index contributed by atoms with van der Waals surface area (Å²) in [5, 5.41) is 0. The second-order valence-corrected chi connectivity index (χ2v) is 16.6. The third-order valence-corrected chi connectivity index (χ3v) is 10.3. The lowest BCUT2D eigenvalue weighted by molar-refractivity contribution is 0.191. The number of phosphoric ester groups is 1. The molecule has 0 fully saturated rings. The summed E-state index contributed by atoms with van der Waals surface area (Å²) in [5.41, 5.74) is 11.0. The number of hydrogen-bond acceptors (Lipinski definition) is 4. The van der Waals surface area contributed by atoms with Crippen LogP contribution in [-0.4, -0.2) is 21.3 Å². The van der Waals surface area contributed by atoms with E-state index in [1.807, 2.05) is 6.92 Å². The van der Waals surface area contributed by atoms with Crippen LogP contribution in [0.3, 0.4) is 0 Å². The molecule has 0 aliphatic rings. The Balaban J connectivity index is 4.28. The lowest BCUT2D eigenvalue weighted by Gasteiger charge is -2.11. The van der Waals surface area contributed by atoms with Gasteiger partial charge in [0.25, 0.3) is 0 Å². The average molecular weight is 723 g/mol. The minimum Gasteiger partial charge on any atom is -0.302 e. The van der Waals surface area contributed by atoms with E-state index in [-0.39, 0.29) is 6.61 Å². The van der Waals surface area contributed by atoms with E-state index in [1.165, 1.54) is 45.4 Å². The molecular weight excluding hydrogens is 654 g/mol. The second kappa shape index (κ2) is 26.9. The summed E-state index contributed by atoms with van der Waals surface area (Å²) in [6.07, 6.45) is 32.9. The lowest BCUT2D eigenvalue weighted by atomic mass is 10.0. The van der Waals surface area contributed by atoms with Crippen LogP contribution in [0.5, 0.6) is 0 Å². The van der Waals surface area contributed by atoms with Gasteiger partial charge in [0.2, 0.25) is 0 Å². The van der Waals surface area contributed by atoms with Gasteiger partial charge >= 0.3 is 15.6 Å². The fourth-order valence-electron chi connectivity index (χ4n) is 5.01. The van der Waals surface area contributed by atoms with Gasteiger partial charge in [0.1, 0.15) is 0 Å². The predicted molar refractivity (Wildman–Crippen MR) is 209 cm³/mol. The van der Waals surface area contributed by atoms with E-state index in [4.69, 9.17) is 9.79 Å². The van der Waals surface area contributed by atoms with Crippen molar-refractivity contribution >= 4 is 15.6 Å². The van der Waals surface area contributed by atoms with Crippen LogP contribution in [-0.2, 0) is 18.0 Å². The largest absolute Gasteiger partial charge is 0.481 e. The summed E-state index contributed by atoms with van der Waals surface area (Å²) in [4.78, 5) is 26.6. The third-order valence-electron chi connectivity index (χ3n) is 8.16. The van der Waals surface area contributed by atoms with E-state index in [0.717, 1.165) is 89.0 Å². The highest BCUT2D eigenvalue weighted by Gasteiger charge is 2.31. The molecule has 0 radical (unpaired) electrons. The summed E-state index contributed by atoms with van der Waals surface area (Å²) in [7, 11) is -9.90. The number of allylic oxidation sites excluding steroid dienone is 15. The molecule has 1 atom stereocenters. The van der Waals surface area contributed by atoms with Gasteiger partial charge < -0.3 is 14.7 Å². The zero-order valence-corrected chi connectivity index (χ0v) is 33.9. The molecule has 0 aliphatic heterocycles. The maximum atomic E-state index is 11.5. The first kappa shape index (κ1) is 47.2. The van der Waals surface area contributed by atoms with E-state index in [2.05, 4.69) is 107 Å². The summed E-state index contributed by atoms with van der Waals surface area (Å²) in [6.45, 7) is 19.3. The Bertz CT molecular complexity index is 1320. The van der Waals surface area contributed by atoms with Gasteiger partial charge in [-0.25, -0.2) is 9.13 Å². The molecule has 0 amide bonds. The molecule has 9 heteroatoms. The van der Waals surface area contributed by atoms with E-state index in [1.54, 1.807) is 6.08 Å². The van der Waals surface area contributed by atoms with Crippen molar-refractivity contribution in [2.45, 2.75) is 152 Å². The van der Waals surface area contributed by atoms with Crippen molar-refractivity contribution in [2.75, 3.05) is 6.61 Å². The van der Waals surface area contributed by atoms with Crippen LogP contribution in [0.4, 0.5) is 0 Å². The zero-order chi connectivity index (χ0) is 37.3. The van der Waals surface area contributed by atoms with Crippen molar-refractivity contribution in [2.24, 2.45) is 0 Å². The SMILES string of the molecule is CC(C)=CCC/C(C)=C/CC/C(C)=C/CC/C(C)=C/CC/C(C)=C/CC/C(C)=C/CC/C(C)=C/CC/C(C)=C/COP(=O)(O)OP(=O)(O)O. The van der Waals surface area contributed by atoms with Crippen LogP contribution in [0.2, 0.25) is 0 Å². The molecule has 0 bridgehead atoms. The molecular formula is C40H68O7P2. The first-order valence-electron chi connectivity index (χ1n) is 17.9. The number of phosphoric acid groups is 2. The third kappa shape index (κ3) is 31.9. The maximum Gasteiger partial charge on any atom is 0.481 e. The van der Waals surface area contributed by atoms with Crippen molar-refractivity contribution < 1.29 is 32.6 Å². The van der Waals surface area contributed by atoms with Gasteiger partial charge in [0, 0.05) is 0 Å². The smallest absolute Gasteiger partial charge is 0.302 e. The molecule has 0 saturated carbocycles. The van der Waals surface area contributed by atoms with E-state index in [0.29, 0.717) is 0 Å². The average Bonchev–Trinajstić information content (AvgIpc) is 2.95. The van der Waals surface area contributed by atoms with Crippen LogP contribution >= 0.6 is 15.6 Å². The molecule has 0 aromatic heterocycles. The summed E-state index contributed by atoms with van der Waals surface area (Å²) in [5.74, 6) is 0. The van der Waals surface area contributed by atoms with Gasteiger partial charge in [-0.3, -0.25) is 4.52 Å². The molecule has 0 spiro atoms. The van der Waals surface area contributed by atoms with Crippen molar-refractivity contribution in [1.29, 1.82) is 0 Å². The van der Waals surface area contributed by atoms with Gasteiger partial charge in [0.15, 0.2) is 0 Å². The molecule has 0 heterocycles. The normalized spacial score (nSPS) is 15.9. The molecule has 3 N–H and O–H groups in total. The summed E-state index contributed by atoms with van der Waals surface area (Å²) in [6, 6.07) is 0. The minimum atomic E-state index is -5.10. The Kier molecular flexibility index (Phi) is 25.9. The molecule has 0 aromatic rings. The summed E-state index contributed by atoms with van der Waals surface area (Å²) < 4.78 is 30.5. The number of rotatable bonds is 26. The molecule has 0 rings (SSSR count). The second-order valence-electron chi connectivity index (χ2n) is 13.7. The Hall–Kier alpha value is -1.82. The fourth-order valence-corrected chi connectivity index (χ4v) is 6.54. The Morgan fingerprint density at radius 3 is 0.918 bits per heavy atom. The predicted octanol–water partition coefficient (Wildman–Crippen LogP) is 13.3. The van der Waals surface area contributed by atoms with E-state index in [9.17, 15) is 14.0 Å². The minimum absolute atomic E-state index is 0.272. The summed E-state index contributed by atoms with van der Waals surface area (Å²) >= 11 is 0.